The molecule has 0 aliphatic carbocycles. The molecular weight excluding hydrogens is 225 g/mol. The normalized spacial score (nSPS) is 10.0. The van der Waals surface area contributed by atoms with Gasteiger partial charge >= 0.3 is 0 Å². The molecule has 0 radical (unpaired) electrons. The maximum absolute atomic E-state index is 11.2. The van der Waals surface area contributed by atoms with Crippen molar-refractivity contribution in [3.05, 3.63) is 16.4 Å². The van der Waals surface area contributed by atoms with Crippen LogP contribution in [-0.2, 0) is 4.79 Å². The van der Waals surface area contributed by atoms with E-state index in [-0.39, 0.29) is 16.2 Å². The molecule has 0 aromatic carbocycles. The van der Waals surface area contributed by atoms with E-state index < -0.39 is 0 Å². The highest BCUT2D eigenvalue weighted by Gasteiger charge is 2.14. The Labute approximate surface area is 91.8 Å². The second kappa shape index (κ2) is 4.57. The summed E-state index contributed by atoms with van der Waals surface area (Å²) >= 11 is 11.4. The lowest BCUT2D eigenvalue weighted by Gasteiger charge is -2.19. The van der Waals surface area contributed by atoms with E-state index in [4.69, 9.17) is 23.2 Å². The smallest absolute Gasteiger partial charge is 0.223 e. The fourth-order valence-corrected chi connectivity index (χ4v) is 1.43. The van der Waals surface area contributed by atoms with Gasteiger partial charge in [-0.15, -0.1) is 10.2 Å². The number of halogens is 2. The van der Waals surface area contributed by atoms with E-state index in [1.807, 2.05) is 6.92 Å². The summed E-state index contributed by atoms with van der Waals surface area (Å²) in [6, 6.07) is 1.52. The van der Waals surface area contributed by atoms with Crippen molar-refractivity contribution in [3.8, 4) is 0 Å². The molecule has 1 aromatic heterocycles. The summed E-state index contributed by atoms with van der Waals surface area (Å²) in [6.07, 6.45) is 0. The highest BCUT2D eigenvalue weighted by atomic mass is 35.5. The highest BCUT2D eigenvalue weighted by molar-refractivity contribution is 6.34. The Bertz CT molecular complexity index is 356. The van der Waals surface area contributed by atoms with E-state index in [1.165, 1.54) is 17.9 Å². The molecule has 0 bridgehead atoms. The third-order valence-electron chi connectivity index (χ3n) is 1.69. The first kappa shape index (κ1) is 11.2. The summed E-state index contributed by atoms with van der Waals surface area (Å²) in [5.74, 6) is -0.113. The standard InChI is InChI=1S/C8H9Cl2N3O/c1-3-13(5(2)14)6-4-7(9)11-12-8(6)10/h4H,3H2,1-2H3. The van der Waals surface area contributed by atoms with E-state index in [2.05, 4.69) is 10.2 Å². The van der Waals surface area contributed by atoms with Crippen LogP contribution in [-0.4, -0.2) is 22.6 Å². The molecule has 4 nitrogen and oxygen atoms in total. The minimum Gasteiger partial charge on any atom is -0.310 e. The van der Waals surface area contributed by atoms with Gasteiger partial charge in [0.2, 0.25) is 5.91 Å². The number of aromatic nitrogens is 2. The Morgan fingerprint density at radius 2 is 2.14 bits per heavy atom. The van der Waals surface area contributed by atoms with E-state index in [0.717, 1.165) is 0 Å². The van der Waals surface area contributed by atoms with Crippen LogP contribution in [0.2, 0.25) is 10.3 Å². The van der Waals surface area contributed by atoms with Crippen LogP contribution in [0.3, 0.4) is 0 Å². The van der Waals surface area contributed by atoms with Crippen LogP contribution in [0.5, 0.6) is 0 Å². The summed E-state index contributed by atoms with van der Waals surface area (Å²) in [4.78, 5) is 12.7. The van der Waals surface area contributed by atoms with Crippen molar-refractivity contribution >= 4 is 34.8 Å². The average molecular weight is 234 g/mol. The van der Waals surface area contributed by atoms with Gasteiger partial charge in [0.1, 0.15) is 0 Å². The topological polar surface area (TPSA) is 46.1 Å². The number of amides is 1. The maximum atomic E-state index is 11.2. The number of carbonyl (C=O) groups excluding carboxylic acids is 1. The lowest BCUT2D eigenvalue weighted by Crippen LogP contribution is -2.28. The molecule has 0 spiro atoms. The Hall–Kier alpha value is -0.870. The van der Waals surface area contributed by atoms with Gasteiger partial charge in [-0.1, -0.05) is 23.2 Å². The fraction of sp³-hybridized carbons (Fsp3) is 0.375. The molecule has 0 saturated carbocycles. The van der Waals surface area contributed by atoms with Crippen molar-refractivity contribution in [3.63, 3.8) is 0 Å². The van der Waals surface area contributed by atoms with E-state index in [0.29, 0.717) is 12.2 Å². The molecule has 1 amide bonds. The molecule has 6 heteroatoms. The molecule has 1 aromatic rings. The zero-order valence-electron chi connectivity index (χ0n) is 7.79. The van der Waals surface area contributed by atoms with Crippen LogP contribution >= 0.6 is 23.2 Å². The lowest BCUT2D eigenvalue weighted by molar-refractivity contribution is -0.116. The third kappa shape index (κ3) is 2.33. The van der Waals surface area contributed by atoms with Crippen LogP contribution < -0.4 is 4.90 Å². The number of nitrogens with zero attached hydrogens (tertiary/aromatic N) is 3. The predicted octanol–water partition coefficient (Wildman–Crippen LogP) is 2.16. The number of hydrogen-bond donors (Lipinski definition) is 0. The highest BCUT2D eigenvalue weighted by Crippen LogP contribution is 2.25. The number of hydrogen-bond acceptors (Lipinski definition) is 3. The molecule has 0 aliphatic heterocycles. The SMILES string of the molecule is CCN(C(C)=O)c1cc(Cl)nnc1Cl. The molecule has 0 aliphatic rings. The zero-order valence-corrected chi connectivity index (χ0v) is 9.30. The third-order valence-corrected chi connectivity index (χ3v) is 2.14. The molecule has 76 valence electrons. The van der Waals surface area contributed by atoms with Crippen LogP contribution in [0.4, 0.5) is 5.69 Å². The Kier molecular flexibility index (Phi) is 3.66. The van der Waals surface area contributed by atoms with Gasteiger partial charge in [-0.05, 0) is 6.92 Å². The van der Waals surface area contributed by atoms with Gasteiger partial charge in [-0.25, -0.2) is 0 Å². The van der Waals surface area contributed by atoms with Gasteiger partial charge in [0.15, 0.2) is 10.3 Å². The quantitative estimate of drug-likeness (QED) is 0.787. The molecule has 0 saturated heterocycles. The zero-order chi connectivity index (χ0) is 10.7. The van der Waals surface area contributed by atoms with E-state index in [9.17, 15) is 4.79 Å². The molecule has 0 atom stereocenters. The Morgan fingerprint density at radius 3 is 2.64 bits per heavy atom. The number of carbonyl (C=O) groups is 1. The molecule has 1 heterocycles. The van der Waals surface area contributed by atoms with Gasteiger partial charge in [0, 0.05) is 19.5 Å². The van der Waals surface area contributed by atoms with Crippen molar-refractivity contribution in [1.29, 1.82) is 0 Å². The summed E-state index contributed by atoms with van der Waals surface area (Å²) in [5.41, 5.74) is 0.488. The minimum absolute atomic E-state index is 0.113. The van der Waals surface area contributed by atoms with Gasteiger partial charge in [0.25, 0.3) is 0 Å². The summed E-state index contributed by atoms with van der Waals surface area (Å²) in [5, 5.41) is 7.57. The van der Waals surface area contributed by atoms with Gasteiger partial charge in [-0.2, -0.15) is 0 Å². The number of rotatable bonds is 2. The average Bonchev–Trinajstić information content (AvgIpc) is 2.11. The minimum atomic E-state index is -0.113. The summed E-state index contributed by atoms with van der Waals surface area (Å²) in [7, 11) is 0. The first-order valence-electron chi connectivity index (χ1n) is 4.03. The summed E-state index contributed by atoms with van der Waals surface area (Å²) < 4.78 is 0. The predicted molar refractivity (Wildman–Crippen MR) is 55.8 cm³/mol. The van der Waals surface area contributed by atoms with Gasteiger partial charge in [-0.3, -0.25) is 4.79 Å². The molecule has 0 fully saturated rings. The molecular formula is C8H9Cl2N3O. The first-order valence-corrected chi connectivity index (χ1v) is 4.78. The monoisotopic (exact) mass is 233 g/mol. The van der Waals surface area contributed by atoms with Gasteiger partial charge in [0.05, 0.1) is 5.69 Å². The van der Waals surface area contributed by atoms with E-state index >= 15 is 0 Å². The molecule has 14 heavy (non-hydrogen) atoms. The van der Waals surface area contributed by atoms with Crippen molar-refractivity contribution < 1.29 is 4.79 Å². The van der Waals surface area contributed by atoms with Crippen molar-refractivity contribution in [1.82, 2.24) is 10.2 Å². The van der Waals surface area contributed by atoms with Crippen LogP contribution in [0.1, 0.15) is 13.8 Å². The van der Waals surface area contributed by atoms with Crippen LogP contribution in [0.25, 0.3) is 0 Å². The van der Waals surface area contributed by atoms with Crippen molar-refractivity contribution in [2.75, 3.05) is 11.4 Å². The van der Waals surface area contributed by atoms with Crippen LogP contribution in [0, 0.1) is 0 Å². The van der Waals surface area contributed by atoms with Crippen LogP contribution in [0.15, 0.2) is 6.07 Å². The summed E-state index contributed by atoms with van der Waals surface area (Å²) in [6.45, 7) is 3.80. The lowest BCUT2D eigenvalue weighted by atomic mass is 10.4. The molecule has 0 N–H and O–H groups in total. The molecule has 1 rings (SSSR count). The number of anilines is 1. The van der Waals surface area contributed by atoms with Crippen molar-refractivity contribution in [2.45, 2.75) is 13.8 Å². The molecule has 0 unspecified atom stereocenters. The largest absolute Gasteiger partial charge is 0.310 e. The Balaban J connectivity index is 3.15. The first-order chi connectivity index (χ1) is 6.56. The van der Waals surface area contributed by atoms with E-state index in [1.54, 1.807) is 0 Å². The second-order valence-electron chi connectivity index (χ2n) is 2.61. The fourth-order valence-electron chi connectivity index (χ4n) is 1.10. The Morgan fingerprint density at radius 1 is 1.50 bits per heavy atom. The van der Waals surface area contributed by atoms with Gasteiger partial charge < -0.3 is 4.90 Å². The van der Waals surface area contributed by atoms with Crippen molar-refractivity contribution in [2.24, 2.45) is 0 Å². The second-order valence-corrected chi connectivity index (χ2v) is 3.35. The maximum Gasteiger partial charge on any atom is 0.223 e.